The van der Waals surface area contributed by atoms with Gasteiger partial charge >= 0.3 is 6.03 Å². The van der Waals surface area contributed by atoms with Crippen LogP contribution in [0.1, 0.15) is 11.1 Å². The molecule has 2 amide bonds. The van der Waals surface area contributed by atoms with Gasteiger partial charge in [0.05, 0.1) is 0 Å². The van der Waals surface area contributed by atoms with Crippen molar-refractivity contribution in [2.75, 3.05) is 27.2 Å². The highest BCUT2D eigenvalue weighted by molar-refractivity contribution is 7.17. The fourth-order valence-electron chi connectivity index (χ4n) is 3.14. The zero-order valence-corrected chi connectivity index (χ0v) is 17.1. The molecule has 0 aliphatic heterocycles. The zero-order chi connectivity index (χ0) is 19.9. The largest absolute Gasteiger partial charge is 0.508 e. The molecule has 1 atom stereocenters. The summed E-state index contributed by atoms with van der Waals surface area (Å²) < 4.78 is 1.30. The number of carbonyl (C=O) groups is 1. The number of likely N-dealkylation sites (N-methyl/N-ethyl adjacent to an activating group) is 1. The van der Waals surface area contributed by atoms with Crippen molar-refractivity contribution in [3.63, 3.8) is 0 Å². The predicted molar refractivity (Wildman–Crippen MR) is 116 cm³/mol. The Morgan fingerprint density at radius 2 is 1.86 bits per heavy atom. The minimum atomic E-state index is -0.152. The number of thiophene rings is 1. The number of amides is 2. The summed E-state index contributed by atoms with van der Waals surface area (Å²) in [6.07, 6.45) is 1.62. The van der Waals surface area contributed by atoms with Gasteiger partial charge in [0.25, 0.3) is 0 Å². The number of nitrogens with one attached hydrogen (secondary N) is 2. The number of hydrogen-bond acceptors (Lipinski definition) is 4. The van der Waals surface area contributed by atoms with E-state index < -0.39 is 0 Å². The van der Waals surface area contributed by atoms with E-state index in [1.165, 1.54) is 15.6 Å². The Balaban J connectivity index is 1.47. The van der Waals surface area contributed by atoms with Crippen LogP contribution in [0.25, 0.3) is 10.1 Å². The highest BCUT2D eigenvalue weighted by atomic mass is 32.1. The molecule has 0 saturated heterocycles. The molecular weight excluding hydrogens is 370 g/mol. The van der Waals surface area contributed by atoms with Crippen molar-refractivity contribution in [2.45, 2.75) is 18.9 Å². The first-order chi connectivity index (χ1) is 13.5. The summed E-state index contributed by atoms with van der Waals surface area (Å²) in [6, 6.07) is 15.6. The lowest BCUT2D eigenvalue weighted by Crippen LogP contribution is -2.45. The fraction of sp³-hybridized carbons (Fsp3) is 0.318. The van der Waals surface area contributed by atoms with E-state index in [0.29, 0.717) is 13.1 Å². The Morgan fingerprint density at radius 1 is 1.11 bits per heavy atom. The summed E-state index contributed by atoms with van der Waals surface area (Å²) in [5.74, 6) is 0.252. The van der Waals surface area contributed by atoms with E-state index in [4.69, 9.17) is 0 Å². The van der Waals surface area contributed by atoms with Crippen molar-refractivity contribution in [1.82, 2.24) is 15.5 Å². The summed E-state index contributed by atoms with van der Waals surface area (Å²) >= 11 is 1.77. The van der Waals surface area contributed by atoms with Gasteiger partial charge in [0.15, 0.2) is 0 Å². The van der Waals surface area contributed by atoms with Crippen molar-refractivity contribution in [1.29, 1.82) is 0 Å². The van der Waals surface area contributed by atoms with Crippen LogP contribution in [0.4, 0.5) is 4.79 Å². The quantitative estimate of drug-likeness (QED) is 0.544. The van der Waals surface area contributed by atoms with Gasteiger partial charge in [0.2, 0.25) is 0 Å². The topological polar surface area (TPSA) is 64.6 Å². The Bertz CT molecular complexity index is 906. The molecule has 3 rings (SSSR count). The Labute approximate surface area is 170 Å². The van der Waals surface area contributed by atoms with Crippen LogP contribution < -0.4 is 10.6 Å². The summed E-state index contributed by atoms with van der Waals surface area (Å²) in [6.45, 7) is 1.14. The van der Waals surface area contributed by atoms with E-state index in [-0.39, 0.29) is 17.8 Å². The smallest absolute Gasteiger partial charge is 0.314 e. The van der Waals surface area contributed by atoms with E-state index in [9.17, 15) is 9.90 Å². The van der Waals surface area contributed by atoms with Gasteiger partial charge in [-0.25, -0.2) is 4.79 Å². The van der Waals surface area contributed by atoms with Crippen LogP contribution in [-0.4, -0.2) is 49.3 Å². The third-order valence-corrected chi connectivity index (χ3v) is 5.89. The molecule has 0 aliphatic rings. The van der Waals surface area contributed by atoms with Gasteiger partial charge in [0, 0.05) is 23.8 Å². The molecule has 28 heavy (non-hydrogen) atoms. The average Bonchev–Trinajstić information content (AvgIpc) is 3.09. The Morgan fingerprint density at radius 3 is 2.61 bits per heavy atom. The first-order valence-corrected chi connectivity index (χ1v) is 10.3. The summed E-state index contributed by atoms with van der Waals surface area (Å²) in [4.78, 5) is 14.3. The highest BCUT2D eigenvalue weighted by Crippen LogP contribution is 2.27. The van der Waals surface area contributed by atoms with E-state index in [0.717, 1.165) is 18.4 Å². The molecule has 0 aliphatic carbocycles. The minimum absolute atomic E-state index is 0.152. The number of benzene rings is 2. The number of hydrogen-bond donors (Lipinski definition) is 3. The first kappa shape index (κ1) is 20.2. The third-order valence-electron chi connectivity index (χ3n) is 4.88. The summed E-state index contributed by atoms with van der Waals surface area (Å²) in [5, 5.41) is 18.7. The molecule has 0 spiro atoms. The molecule has 1 unspecified atom stereocenters. The van der Waals surface area contributed by atoms with Gasteiger partial charge in [0.1, 0.15) is 5.75 Å². The molecule has 0 bridgehead atoms. The second-order valence-electron chi connectivity index (χ2n) is 7.13. The van der Waals surface area contributed by atoms with Gasteiger partial charge < -0.3 is 20.6 Å². The summed E-state index contributed by atoms with van der Waals surface area (Å²) in [7, 11) is 4.09. The van der Waals surface area contributed by atoms with Crippen molar-refractivity contribution < 1.29 is 9.90 Å². The van der Waals surface area contributed by atoms with Gasteiger partial charge in [-0.2, -0.15) is 0 Å². The molecule has 0 fully saturated rings. The van der Waals surface area contributed by atoms with Crippen molar-refractivity contribution in [3.05, 3.63) is 65.0 Å². The van der Waals surface area contributed by atoms with Crippen LogP contribution in [0.15, 0.2) is 53.9 Å². The fourth-order valence-corrected chi connectivity index (χ4v) is 4.11. The van der Waals surface area contributed by atoms with Crippen LogP contribution in [0.2, 0.25) is 0 Å². The van der Waals surface area contributed by atoms with Crippen LogP contribution >= 0.6 is 11.3 Å². The van der Waals surface area contributed by atoms with Gasteiger partial charge in [-0.3, -0.25) is 0 Å². The van der Waals surface area contributed by atoms with Gasteiger partial charge in [-0.1, -0.05) is 30.3 Å². The third kappa shape index (κ3) is 5.47. The molecule has 1 aromatic heterocycles. The standard InChI is InChI=1S/C22H27N3O2S/c1-25(2)18(13-17-15-28-21-6-4-3-5-20(17)21)14-24-22(27)23-12-11-16-7-9-19(26)10-8-16/h3-10,15,18,26H,11-14H2,1-2H3,(H2,23,24,27). The number of carbonyl (C=O) groups excluding carboxylic acids is 1. The monoisotopic (exact) mass is 397 g/mol. The van der Waals surface area contributed by atoms with E-state index in [1.807, 2.05) is 26.2 Å². The maximum absolute atomic E-state index is 12.2. The predicted octanol–water partition coefficient (Wildman–Crippen LogP) is 3.62. The first-order valence-electron chi connectivity index (χ1n) is 9.44. The molecule has 1 heterocycles. The minimum Gasteiger partial charge on any atom is -0.508 e. The molecule has 6 heteroatoms. The highest BCUT2D eigenvalue weighted by Gasteiger charge is 2.16. The second kappa shape index (κ2) is 9.57. The number of fused-ring (bicyclic) bond motifs is 1. The van der Waals surface area contributed by atoms with E-state index in [2.05, 4.69) is 45.2 Å². The van der Waals surface area contributed by atoms with Crippen LogP contribution in [0.5, 0.6) is 5.75 Å². The van der Waals surface area contributed by atoms with Crippen LogP contribution in [0, 0.1) is 0 Å². The molecule has 3 aromatic rings. The normalized spacial score (nSPS) is 12.2. The molecular formula is C22H27N3O2S. The molecule has 2 aromatic carbocycles. The molecule has 148 valence electrons. The SMILES string of the molecule is CN(C)C(CNC(=O)NCCc1ccc(O)cc1)Cc1csc2ccccc12. The maximum atomic E-state index is 12.2. The lowest BCUT2D eigenvalue weighted by atomic mass is 10.0. The van der Waals surface area contributed by atoms with E-state index >= 15 is 0 Å². The maximum Gasteiger partial charge on any atom is 0.314 e. The van der Waals surface area contributed by atoms with Crippen molar-refractivity contribution in [3.8, 4) is 5.75 Å². The van der Waals surface area contributed by atoms with Gasteiger partial charge in [-0.05, 0) is 67.0 Å². The Kier molecular flexibility index (Phi) is 6.90. The average molecular weight is 398 g/mol. The summed E-state index contributed by atoms with van der Waals surface area (Å²) in [5.41, 5.74) is 2.41. The second-order valence-corrected chi connectivity index (χ2v) is 8.04. The Hall–Kier alpha value is -2.57. The van der Waals surface area contributed by atoms with E-state index in [1.54, 1.807) is 23.5 Å². The number of phenols is 1. The number of aromatic hydroxyl groups is 1. The van der Waals surface area contributed by atoms with Crippen molar-refractivity contribution in [2.24, 2.45) is 0 Å². The molecule has 3 N–H and O–H groups in total. The number of urea groups is 1. The number of rotatable bonds is 8. The van der Waals surface area contributed by atoms with Crippen LogP contribution in [-0.2, 0) is 12.8 Å². The lowest BCUT2D eigenvalue weighted by Gasteiger charge is -2.24. The lowest BCUT2D eigenvalue weighted by molar-refractivity contribution is 0.232. The molecule has 0 radical (unpaired) electrons. The van der Waals surface area contributed by atoms with Gasteiger partial charge in [-0.15, -0.1) is 11.3 Å². The van der Waals surface area contributed by atoms with Crippen LogP contribution in [0.3, 0.4) is 0 Å². The molecule has 0 saturated carbocycles. The zero-order valence-electron chi connectivity index (χ0n) is 16.3. The number of nitrogens with zero attached hydrogens (tertiary/aromatic N) is 1. The van der Waals surface area contributed by atoms with Crippen molar-refractivity contribution >= 4 is 27.5 Å². The molecule has 5 nitrogen and oxygen atoms in total. The number of phenolic OH excluding ortho intramolecular Hbond substituents is 1.